The van der Waals surface area contributed by atoms with Crippen LogP contribution >= 0.6 is 11.8 Å². The van der Waals surface area contributed by atoms with Crippen molar-refractivity contribution in [1.29, 1.82) is 0 Å². The molecule has 2 aliphatic carbocycles. The highest BCUT2D eigenvalue weighted by atomic mass is 32.2. The highest BCUT2D eigenvalue weighted by Gasteiger charge is 2.49. The number of carbonyl (C=O) groups is 1. The quantitative estimate of drug-likeness (QED) is 0.772. The molecule has 3 aliphatic rings. The summed E-state index contributed by atoms with van der Waals surface area (Å²) >= 11 is 1.87. The van der Waals surface area contributed by atoms with Crippen LogP contribution in [-0.2, 0) is 4.79 Å². The highest BCUT2D eigenvalue weighted by Crippen LogP contribution is 2.55. The summed E-state index contributed by atoms with van der Waals surface area (Å²) in [5, 5.41) is 0. The summed E-state index contributed by atoms with van der Waals surface area (Å²) in [6.45, 7) is 0.881. The summed E-state index contributed by atoms with van der Waals surface area (Å²) in [5.41, 5.74) is 1.14. The predicted octanol–water partition coefficient (Wildman–Crippen LogP) is 3.17. The summed E-state index contributed by atoms with van der Waals surface area (Å²) in [4.78, 5) is 16.0. The molecule has 2 saturated carbocycles. The lowest BCUT2D eigenvalue weighted by Gasteiger charge is -2.31. The van der Waals surface area contributed by atoms with E-state index >= 15 is 0 Å². The van der Waals surface area contributed by atoms with Gasteiger partial charge in [-0.25, -0.2) is 0 Å². The van der Waals surface area contributed by atoms with Crippen LogP contribution < -0.4 is 4.90 Å². The second-order valence-corrected chi connectivity index (χ2v) is 6.87. The molecule has 4 rings (SSSR count). The Bertz CT molecular complexity index is 491. The van der Waals surface area contributed by atoms with Crippen molar-refractivity contribution in [3.63, 3.8) is 0 Å². The van der Waals surface area contributed by atoms with Gasteiger partial charge in [0, 0.05) is 23.1 Å². The van der Waals surface area contributed by atoms with Gasteiger partial charge in [-0.1, -0.05) is 12.1 Å². The van der Waals surface area contributed by atoms with Crippen molar-refractivity contribution in [1.82, 2.24) is 0 Å². The molecular weight excluding hydrogens is 242 g/mol. The number of nitrogens with zero attached hydrogens (tertiary/aromatic N) is 1. The lowest BCUT2D eigenvalue weighted by molar-refractivity contribution is -0.122. The molecule has 2 unspecified atom stereocenters. The van der Waals surface area contributed by atoms with E-state index < -0.39 is 0 Å². The van der Waals surface area contributed by atoms with Crippen LogP contribution in [0.3, 0.4) is 0 Å². The van der Waals surface area contributed by atoms with Crippen LogP contribution in [0.15, 0.2) is 29.2 Å². The monoisotopic (exact) mass is 259 g/mol. The molecule has 0 radical (unpaired) electrons. The maximum Gasteiger partial charge on any atom is 0.230 e. The van der Waals surface area contributed by atoms with Gasteiger partial charge in [0.1, 0.15) is 0 Å². The molecule has 1 amide bonds. The number of rotatable bonds is 1. The molecule has 0 bridgehead atoms. The zero-order chi connectivity index (χ0) is 12.1. The summed E-state index contributed by atoms with van der Waals surface area (Å²) in [5.74, 6) is 3.49. The third-order valence-electron chi connectivity index (χ3n) is 4.59. The largest absolute Gasteiger partial charge is 0.310 e. The first kappa shape index (κ1) is 10.9. The van der Waals surface area contributed by atoms with Crippen LogP contribution in [0.2, 0.25) is 0 Å². The molecule has 1 aromatic rings. The second-order valence-electron chi connectivity index (χ2n) is 5.73. The van der Waals surface area contributed by atoms with Gasteiger partial charge in [0.15, 0.2) is 0 Å². The molecule has 18 heavy (non-hydrogen) atoms. The Hall–Kier alpha value is -0.960. The fourth-order valence-electron chi connectivity index (χ4n) is 3.54. The zero-order valence-corrected chi connectivity index (χ0v) is 11.2. The lowest BCUT2D eigenvalue weighted by Crippen LogP contribution is -2.39. The van der Waals surface area contributed by atoms with Crippen LogP contribution in [0.25, 0.3) is 0 Å². The van der Waals surface area contributed by atoms with E-state index in [0.29, 0.717) is 11.8 Å². The number of hydrogen-bond acceptors (Lipinski definition) is 2. The molecule has 3 heteroatoms. The van der Waals surface area contributed by atoms with Crippen molar-refractivity contribution >= 4 is 23.4 Å². The molecule has 0 spiro atoms. The van der Waals surface area contributed by atoms with Gasteiger partial charge in [-0.15, -0.1) is 11.8 Å². The Morgan fingerprint density at radius 2 is 1.94 bits per heavy atom. The molecule has 1 aromatic carbocycles. The lowest BCUT2D eigenvalue weighted by atomic mass is 10.0. The summed E-state index contributed by atoms with van der Waals surface area (Å²) in [6, 6.07) is 8.32. The number of anilines is 1. The van der Waals surface area contributed by atoms with Gasteiger partial charge in [0.2, 0.25) is 5.91 Å². The van der Waals surface area contributed by atoms with Crippen LogP contribution in [0.5, 0.6) is 0 Å². The van der Waals surface area contributed by atoms with E-state index in [1.807, 2.05) is 22.7 Å². The van der Waals surface area contributed by atoms with E-state index in [1.165, 1.54) is 11.3 Å². The molecule has 1 heterocycles. The van der Waals surface area contributed by atoms with Gasteiger partial charge in [0.25, 0.3) is 0 Å². The predicted molar refractivity (Wildman–Crippen MR) is 73.8 cm³/mol. The number of carbonyl (C=O) groups excluding carboxylic acids is 1. The number of para-hydroxylation sites is 1. The summed E-state index contributed by atoms with van der Waals surface area (Å²) in [6.07, 6.45) is 3.68. The van der Waals surface area contributed by atoms with Crippen LogP contribution in [0.4, 0.5) is 5.69 Å². The molecular formula is C15H17NOS. The SMILES string of the molecule is O=C(C1CC2CC2C1)N1CCSc2ccccc21. The number of benzene rings is 1. The third-order valence-corrected chi connectivity index (χ3v) is 5.63. The maximum absolute atomic E-state index is 12.6. The molecule has 2 nitrogen and oxygen atoms in total. The van der Waals surface area contributed by atoms with Gasteiger partial charge >= 0.3 is 0 Å². The van der Waals surface area contributed by atoms with Crippen LogP contribution in [0, 0.1) is 17.8 Å². The van der Waals surface area contributed by atoms with E-state index in [9.17, 15) is 4.79 Å². The molecule has 94 valence electrons. The normalized spacial score (nSPS) is 32.9. The van der Waals surface area contributed by atoms with E-state index in [0.717, 1.165) is 42.7 Å². The van der Waals surface area contributed by atoms with E-state index in [2.05, 4.69) is 18.2 Å². The van der Waals surface area contributed by atoms with Crippen molar-refractivity contribution in [2.45, 2.75) is 24.2 Å². The first-order valence-corrected chi connectivity index (χ1v) is 7.84. The average molecular weight is 259 g/mol. The molecule has 1 aliphatic heterocycles. The van der Waals surface area contributed by atoms with E-state index in [1.54, 1.807) is 0 Å². The van der Waals surface area contributed by atoms with E-state index in [-0.39, 0.29) is 0 Å². The van der Waals surface area contributed by atoms with Crippen LogP contribution in [-0.4, -0.2) is 18.2 Å². The summed E-state index contributed by atoms with van der Waals surface area (Å²) < 4.78 is 0. The highest BCUT2D eigenvalue weighted by molar-refractivity contribution is 7.99. The molecule has 0 N–H and O–H groups in total. The van der Waals surface area contributed by atoms with Crippen LogP contribution in [0.1, 0.15) is 19.3 Å². The van der Waals surface area contributed by atoms with Crippen molar-refractivity contribution in [2.24, 2.45) is 17.8 Å². The average Bonchev–Trinajstić information content (AvgIpc) is 3.04. The number of amides is 1. The topological polar surface area (TPSA) is 20.3 Å². The minimum atomic E-state index is 0.310. The van der Waals surface area contributed by atoms with E-state index in [4.69, 9.17) is 0 Å². The fourth-order valence-corrected chi connectivity index (χ4v) is 4.53. The standard InChI is InChI=1S/C15H17NOS/c17-15(12-8-10-7-11(10)9-12)16-5-6-18-14-4-2-1-3-13(14)16/h1-4,10-12H,5-9H2. The van der Waals surface area contributed by atoms with Gasteiger partial charge in [-0.2, -0.15) is 0 Å². The molecule has 0 aromatic heterocycles. The second kappa shape index (κ2) is 4.02. The first-order valence-electron chi connectivity index (χ1n) is 6.86. The zero-order valence-electron chi connectivity index (χ0n) is 10.3. The van der Waals surface area contributed by atoms with Crippen molar-refractivity contribution < 1.29 is 4.79 Å². The third kappa shape index (κ3) is 1.68. The number of hydrogen-bond donors (Lipinski definition) is 0. The van der Waals surface area contributed by atoms with Gasteiger partial charge in [-0.3, -0.25) is 4.79 Å². The van der Waals surface area contributed by atoms with Crippen molar-refractivity contribution in [3.05, 3.63) is 24.3 Å². The molecule has 0 saturated heterocycles. The smallest absolute Gasteiger partial charge is 0.230 e. The fraction of sp³-hybridized carbons (Fsp3) is 0.533. The Morgan fingerprint density at radius 1 is 1.17 bits per heavy atom. The minimum absolute atomic E-state index is 0.310. The number of fused-ring (bicyclic) bond motifs is 2. The van der Waals surface area contributed by atoms with Gasteiger partial charge < -0.3 is 4.90 Å². The minimum Gasteiger partial charge on any atom is -0.310 e. The Labute approximate surface area is 112 Å². The molecule has 2 atom stereocenters. The Balaban J connectivity index is 1.59. The number of thioether (sulfide) groups is 1. The van der Waals surface area contributed by atoms with Gasteiger partial charge in [-0.05, 0) is 43.2 Å². The van der Waals surface area contributed by atoms with Crippen molar-refractivity contribution in [2.75, 3.05) is 17.2 Å². The van der Waals surface area contributed by atoms with Crippen molar-refractivity contribution in [3.8, 4) is 0 Å². The summed E-state index contributed by atoms with van der Waals surface area (Å²) in [7, 11) is 0. The first-order chi connectivity index (χ1) is 8.83. The Morgan fingerprint density at radius 3 is 2.78 bits per heavy atom. The Kier molecular flexibility index (Phi) is 2.44. The van der Waals surface area contributed by atoms with Gasteiger partial charge in [0.05, 0.1) is 5.69 Å². The molecule has 2 fully saturated rings. The maximum atomic E-state index is 12.6.